The van der Waals surface area contributed by atoms with Crippen LogP contribution >= 0.6 is 0 Å². The van der Waals surface area contributed by atoms with E-state index in [2.05, 4.69) is 20.1 Å². The number of piperidine rings is 1. The van der Waals surface area contributed by atoms with Gasteiger partial charge in [0.2, 0.25) is 5.91 Å². The van der Waals surface area contributed by atoms with Gasteiger partial charge < -0.3 is 9.42 Å². The van der Waals surface area contributed by atoms with Gasteiger partial charge in [0.15, 0.2) is 5.82 Å². The van der Waals surface area contributed by atoms with Crippen molar-refractivity contribution in [2.24, 2.45) is 0 Å². The number of likely N-dealkylation sites (tertiary alicyclic amines) is 1. The first-order valence-corrected chi connectivity index (χ1v) is 9.74. The number of hydrogen-bond acceptors (Lipinski definition) is 6. The maximum absolute atomic E-state index is 13.7. The lowest BCUT2D eigenvalue weighted by Crippen LogP contribution is -2.38. The number of aromatic nitrogens is 4. The number of carbonyl (C=O) groups is 1. The Kier molecular flexibility index (Phi) is 5.59. The fraction of sp³-hybridized carbons (Fsp3) is 0.381. The lowest BCUT2D eigenvalue weighted by Gasteiger charge is -2.30. The molecule has 150 valence electrons. The molecule has 8 heteroatoms. The number of carbonyl (C=O) groups excluding carboxylic acids is 1. The molecule has 1 aliphatic heterocycles. The first-order valence-electron chi connectivity index (χ1n) is 9.74. The number of hydrogen-bond donors (Lipinski definition) is 0. The SMILES string of the molecule is Cc1cnc(-c2nc(C3CCN(C(=O)CCc4ccccc4F)CC3)no2)cn1. The molecule has 3 heterocycles. The van der Waals surface area contributed by atoms with Crippen molar-refractivity contribution in [1.29, 1.82) is 0 Å². The number of benzene rings is 1. The monoisotopic (exact) mass is 395 g/mol. The molecule has 0 spiro atoms. The Morgan fingerprint density at radius 3 is 2.72 bits per heavy atom. The molecule has 0 bridgehead atoms. The van der Waals surface area contributed by atoms with Crippen LogP contribution in [0, 0.1) is 12.7 Å². The Balaban J connectivity index is 1.31. The summed E-state index contributed by atoms with van der Waals surface area (Å²) in [4.78, 5) is 27.2. The number of halogens is 1. The molecule has 0 atom stereocenters. The van der Waals surface area contributed by atoms with Crippen LogP contribution in [0.5, 0.6) is 0 Å². The third-order valence-electron chi connectivity index (χ3n) is 5.22. The summed E-state index contributed by atoms with van der Waals surface area (Å²) < 4.78 is 19.0. The molecule has 1 saturated heterocycles. The smallest absolute Gasteiger partial charge is 0.278 e. The second kappa shape index (κ2) is 8.46. The molecule has 0 unspecified atom stereocenters. The van der Waals surface area contributed by atoms with Gasteiger partial charge in [-0.05, 0) is 37.8 Å². The maximum Gasteiger partial charge on any atom is 0.278 e. The molecule has 3 aromatic rings. The van der Waals surface area contributed by atoms with Gasteiger partial charge in [-0.15, -0.1) is 0 Å². The van der Waals surface area contributed by atoms with E-state index in [1.807, 2.05) is 11.8 Å². The summed E-state index contributed by atoms with van der Waals surface area (Å²) in [6.07, 6.45) is 5.53. The molecule has 1 fully saturated rings. The first kappa shape index (κ1) is 19.2. The Bertz CT molecular complexity index is 981. The molecule has 1 amide bonds. The van der Waals surface area contributed by atoms with E-state index < -0.39 is 0 Å². The van der Waals surface area contributed by atoms with Crippen LogP contribution in [0.4, 0.5) is 4.39 Å². The molecular weight excluding hydrogens is 373 g/mol. The van der Waals surface area contributed by atoms with Crippen LogP contribution in [0.1, 0.15) is 42.3 Å². The Morgan fingerprint density at radius 1 is 1.21 bits per heavy atom. The third-order valence-corrected chi connectivity index (χ3v) is 5.22. The lowest BCUT2D eigenvalue weighted by atomic mass is 9.95. The van der Waals surface area contributed by atoms with Gasteiger partial charge in [0, 0.05) is 31.6 Å². The standard InChI is InChI=1S/C21H22FN5O2/c1-14-12-24-18(13-23-14)21-25-20(26-29-21)16-8-10-27(11-9-16)19(28)7-6-15-4-2-3-5-17(15)22/h2-5,12-13,16H,6-11H2,1H3. The highest BCUT2D eigenvalue weighted by Gasteiger charge is 2.27. The fourth-order valence-electron chi connectivity index (χ4n) is 3.50. The van der Waals surface area contributed by atoms with Gasteiger partial charge in [-0.1, -0.05) is 23.4 Å². The van der Waals surface area contributed by atoms with Gasteiger partial charge in [-0.3, -0.25) is 9.78 Å². The van der Waals surface area contributed by atoms with Gasteiger partial charge in [0.25, 0.3) is 5.89 Å². The minimum absolute atomic E-state index is 0.0513. The Morgan fingerprint density at radius 2 is 2.00 bits per heavy atom. The number of aryl methyl sites for hydroxylation is 2. The van der Waals surface area contributed by atoms with Gasteiger partial charge in [0.1, 0.15) is 11.5 Å². The van der Waals surface area contributed by atoms with Crippen molar-refractivity contribution in [1.82, 2.24) is 25.0 Å². The highest BCUT2D eigenvalue weighted by molar-refractivity contribution is 5.76. The zero-order valence-electron chi connectivity index (χ0n) is 16.2. The molecule has 4 rings (SSSR count). The van der Waals surface area contributed by atoms with Crippen molar-refractivity contribution in [3.05, 3.63) is 59.6 Å². The largest absolute Gasteiger partial charge is 0.343 e. The van der Waals surface area contributed by atoms with Crippen LogP contribution in [0.15, 0.2) is 41.2 Å². The maximum atomic E-state index is 13.7. The average Bonchev–Trinajstić information content (AvgIpc) is 3.24. The molecule has 0 radical (unpaired) electrons. The van der Waals surface area contributed by atoms with Crippen molar-refractivity contribution in [3.63, 3.8) is 0 Å². The predicted octanol–water partition coefficient (Wildman–Crippen LogP) is 3.31. The van der Waals surface area contributed by atoms with Crippen LogP contribution < -0.4 is 0 Å². The van der Waals surface area contributed by atoms with Gasteiger partial charge >= 0.3 is 0 Å². The zero-order valence-corrected chi connectivity index (χ0v) is 16.2. The van der Waals surface area contributed by atoms with E-state index in [4.69, 9.17) is 4.52 Å². The molecule has 1 aromatic carbocycles. The average molecular weight is 395 g/mol. The molecule has 2 aromatic heterocycles. The van der Waals surface area contributed by atoms with E-state index in [0.29, 0.717) is 48.9 Å². The highest BCUT2D eigenvalue weighted by Crippen LogP contribution is 2.28. The number of amides is 1. The lowest BCUT2D eigenvalue weighted by molar-refractivity contribution is -0.132. The molecule has 0 aliphatic carbocycles. The van der Waals surface area contributed by atoms with Crippen molar-refractivity contribution in [2.45, 2.75) is 38.5 Å². The number of rotatable bonds is 5. The van der Waals surface area contributed by atoms with Gasteiger partial charge in [-0.25, -0.2) is 9.37 Å². The van der Waals surface area contributed by atoms with E-state index in [1.54, 1.807) is 30.6 Å². The number of nitrogens with zero attached hydrogens (tertiary/aromatic N) is 5. The first-order chi connectivity index (χ1) is 14.1. The van der Waals surface area contributed by atoms with E-state index in [1.165, 1.54) is 6.07 Å². The van der Waals surface area contributed by atoms with Gasteiger partial charge in [0.05, 0.1) is 11.9 Å². The zero-order chi connectivity index (χ0) is 20.2. The van der Waals surface area contributed by atoms with E-state index in [9.17, 15) is 9.18 Å². The Labute approximate surface area is 168 Å². The van der Waals surface area contributed by atoms with Crippen molar-refractivity contribution in [2.75, 3.05) is 13.1 Å². The van der Waals surface area contributed by atoms with Gasteiger partial charge in [-0.2, -0.15) is 4.98 Å². The normalized spacial score (nSPS) is 14.9. The summed E-state index contributed by atoms with van der Waals surface area (Å²) in [5.41, 5.74) is 1.95. The Hall–Kier alpha value is -3.16. The van der Waals surface area contributed by atoms with Crippen LogP contribution in [-0.2, 0) is 11.2 Å². The van der Waals surface area contributed by atoms with Crippen LogP contribution in [-0.4, -0.2) is 44.0 Å². The second-order valence-electron chi connectivity index (χ2n) is 7.25. The topological polar surface area (TPSA) is 85.0 Å². The predicted molar refractivity (Wildman–Crippen MR) is 103 cm³/mol. The summed E-state index contributed by atoms with van der Waals surface area (Å²) >= 11 is 0. The van der Waals surface area contributed by atoms with Crippen LogP contribution in [0.25, 0.3) is 11.6 Å². The molecule has 7 nitrogen and oxygen atoms in total. The van der Waals surface area contributed by atoms with Crippen molar-refractivity contribution >= 4 is 5.91 Å². The molecule has 29 heavy (non-hydrogen) atoms. The summed E-state index contributed by atoms with van der Waals surface area (Å²) in [7, 11) is 0. The minimum Gasteiger partial charge on any atom is -0.343 e. The summed E-state index contributed by atoms with van der Waals surface area (Å²) in [6, 6.07) is 6.59. The molecule has 1 aliphatic rings. The van der Waals surface area contributed by atoms with E-state index >= 15 is 0 Å². The fourth-order valence-corrected chi connectivity index (χ4v) is 3.50. The van der Waals surface area contributed by atoms with Crippen LogP contribution in [0.2, 0.25) is 0 Å². The summed E-state index contributed by atoms with van der Waals surface area (Å²) in [5, 5.41) is 4.10. The summed E-state index contributed by atoms with van der Waals surface area (Å²) in [6.45, 7) is 3.13. The molecule has 0 N–H and O–H groups in total. The summed E-state index contributed by atoms with van der Waals surface area (Å²) in [5.74, 6) is 0.930. The quantitative estimate of drug-likeness (QED) is 0.659. The van der Waals surface area contributed by atoms with E-state index in [-0.39, 0.29) is 17.6 Å². The third kappa shape index (κ3) is 4.47. The second-order valence-corrected chi connectivity index (χ2v) is 7.25. The van der Waals surface area contributed by atoms with E-state index in [0.717, 1.165) is 18.5 Å². The van der Waals surface area contributed by atoms with Crippen molar-refractivity contribution in [3.8, 4) is 11.6 Å². The minimum atomic E-state index is -0.259. The van der Waals surface area contributed by atoms with Crippen LogP contribution in [0.3, 0.4) is 0 Å². The van der Waals surface area contributed by atoms with Crippen molar-refractivity contribution < 1.29 is 13.7 Å². The molecular formula is C21H22FN5O2. The highest BCUT2D eigenvalue weighted by atomic mass is 19.1. The molecule has 0 saturated carbocycles.